The van der Waals surface area contributed by atoms with Gasteiger partial charge < -0.3 is 0 Å². The van der Waals surface area contributed by atoms with Crippen molar-refractivity contribution >= 4 is 51.0 Å². The van der Waals surface area contributed by atoms with Crippen LogP contribution in [0, 0.1) is 7.40 Å². The minimum absolute atomic E-state index is 0.0131. The van der Waals surface area contributed by atoms with Crippen LogP contribution in [-0.4, -0.2) is 20.3 Å². The highest BCUT2D eigenvalue weighted by Crippen LogP contribution is 2.18. The summed E-state index contributed by atoms with van der Waals surface area (Å²) in [5, 5.41) is 0. The van der Waals surface area contributed by atoms with E-state index in [9.17, 15) is 4.79 Å². The predicted octanol–water partition coefficient (Wildman–Crippen LogP) is 2.68. The zero-order chi connectivity index (χ0) is 11.7. The van der Waals surface area contributed by atoms with Gasteiger partial charge in [0.05, 0.1) is 11.9 Å². The highest BCUT2D eigenvalue weighted by atomic mass is 127. The molecule has 0 saturated heterocycles. The van der Waals surface area contributed by atoms with Gasteiger partial charge in [0.2, 0.25) is 0 Å². The van der Waals surface area contributed by atoms with E-state index in [1.165, 1.54) is 6.92 Å². The molecule has 4 nitrogen and oxygen atoms in total. The first-order valence-corrected chi connectivity index (χ1v) is 6.60. The van der Waals surface area contributed by atoms with E-state index >= 15 is 0 Å². The molecule has 0 spiro atoms. The van der Waals surface area contributed by atoms with Crippen LogP contribution in [0.4, 0.5) is 0 Å². The molecule has 16 heavy (non-hydrogen) atoms. The number of imidazole rings is 1. The topological polar surface area (TPSA) is 47.8 Å². The maximum Gasteiger partial charge on any atom is 0.161 e. The van der Waals surface area contributed by atoms with Crippen molar-refractivity contribution < 1.29 is 4.79 Å². The molecule has 2 heterocycles. The Kier molecular flexibility index (Phi) is 3.57. The van der Waals surface area contributed by atoms with Crippen molar-refractivity contribution in [2.45, 2.75) is 6.92 Å². The summed E-state index contributed by atoms with van der Waals surface area (Å²) in [5.41, 5.74) is 1.46. The Morgan fingerprint density at radius 3 is 2.69 bits per heavy atom. The first-order valence-electron chi connectivity index (χ1n) is 4.44. The Morgan fingerprint density at radius 1 is 1.38 bits per heavy atom. The van der Waals surface area contributed by atoms with Crippen LogP contribution >= 0.6 is 45.2 Å². The van der Waals surface area contributed by atoms with Gasteiger partial charge in [-0.3, -0.25) is 14.3 Å². The van der Waals surface area contributed by atoms with E-state index < -0.39 is 0 Å². The second-order valence-electron chi connectivity index (χ2n) is 3.18. The molecule has 82 valence electrons. The molecular formula is C10H7I2N3O. The standard InChI is InChI=1S/C10H7I2N3O/c1-6(16)7-2-8(4-13-3-7)15-5-14-9(11)10(15)12/h2-5H,1H3. The van der Waals surface area contributed by atoms with Crippen molar-refractivity contribution in [2.24, 2.45) is 0 Å². The smallest absolute Gasteiger partial charge is 0.161 e. The molecule has 0 unspecified atom stereocenters. The maximum absolute atomic E-state index is 11.3. The van der Waals surface area contributed by atoms with Gasteiger partial charge in [0.15, 0.2) is 5.78 Å². The van der Waals surface area contributed by atoms with Crippen LogP contribution in [0.5, 0.6) is 0 Å². The van der Waals surface area contributed by atoms with Gasteiger partial charge in [-0.2, -0.15) is 0 Å². The third-order valence-electron chi connectivity index (χ3n) is 2.08. The molecule has 0 bridgehead atoms. The lowest BCUT2D eigenvalue weighted by atomic mass is 10.2. The summed E-state index contributed by atoms with van der Waals surface area (Å²) in [7, 11) is 0. The fourth-order valence-corrected chi connectivity index (χ4v) is 2.17. The quantitative estimate of drug-likeness (QED) is 0.535. The van der Waals surface area contributed by atoms with Crippen LogP contribution in [0.25, 0.3) is 5.69 Å². The highest BCUT2D eigenvalue weighted by Gasteiger charge is 2.08. The Morgan fingerprint density at radius 2 is 2.12 bits per heavy atom. The van der Waals surface area contributed by atoms with E-state index in [-0.39, 0.29) is 5.78 Å². The van der Waals surface area contributed by atoms with Crippen molar-refractivity contribution in [1.82, 2.24) is 14.5 Å². The van der Waals surface area contributed by atoms with Crippen LogP contribution < -0.4 is 0 Å². The maximum atomic E-state index is 11.3. The number of nitrogens with zero attached hydrogens (tertiary/aromatic N) is 3. The summed E-state index contributed by atoms with van der Waals surface area (Å²) in [6, 6.07) is 1.81. The monoisotopic (exact) mass is 439 g/mol. The first kappa shape index (κ1) is 12.0. The fraction of sp³-hybridized carbons (Fsp3) is 0.100. The van der Waals surface area contributed by atoms with E-state index in [1.807, 2.05) is 10.6 Å². The molecule has 2 rings (SSSR count). The van der Waals surface area contributed by atoms with Gasteiger partial charge in [0, 0.05) is 11.8 Å². The average molecular weight is 439 g/mol. The highest BCUT2D eigenvalue weighted by molar-refractivity contribution is 14.1. The zero-order valence-corrected chi connectivity index (χ0v) is 12.6. The molecule has 0 aliphatic rings. The molecule has 2 aromatic heterocycles. The number of carbonyl (C=O) groups is 1. The van der Waals surface area contributed by atoms with Gasteiger partial charge in [-0.05, 0) is 58.2 Å². The molecule has 0 atom stereocenters. The van der Waals surface area contributed by atoms with Crippen LogP contribution in [0.1, 0.15) is 17.3 Å². The van der Waals surface area contributed by atoms with Gasteiger partial charge in [-0.15, -0.1) is 0 Å². The van der Waals surface area contributed by atoms with E-state index in [0.717, 1.165) is 13.1 Å². The van der Waals surface area contributed by atoms with Crippen molar-refractivity contribution in [1.29, 1.82) is 0 Å². The number of pyridine rings is 1. The van der Waals surface area contributed by atoms with Crippen molar-refractivity contribution in [3.8, 4) is 5.69 Å². The number of carbonyl (C=O) groups excluding carboxylic acids is 1. The lowest BCUT2D eigenvalue weighted by Crippen LogP contribution is -2.00. The minimum Gasteiger partial charge on any atom is -0.294 e. The van der Waals surface area contributed by atoms with E-state index in [1.54, 1.807) is 18.7 Å². The van der Waals surface area contributed by atoms with E-state index in [4.69, 9.17) is 0 Å². The van der Waals surface area contributed by atoms with Crippen LogP contribution in [0.3, 0.4) is 0 Å². The van der Waals surface area contributed by atoms with Gasteiger partial charge in [-0.25, -0.2) is 4.98 Å². The predicted molar refractivity (Wildman–Crippen MR) is 76.8 cm³/mol. The van der Waals surface area contributed by atoms with Gasteiger partial charge in [0.1, 0.15) is 13.7 Å². The minimum atomic E-state index is 0.0131. The molecule has 0 aliphatic carbocycles. The second kappa shape index (κ2) is 4.78. The normalized spacial score (nSPS) is 10.4. The molecule has 0 radical (unpaired) electrons. The van der Waals surface area contributed by atoms with E-state index in [2.05, 4.69) is 55.1 Å². The number of halogens is 2. The summed E-state index contributed by atoms with van der Waals surface area (Å²) >= 11 is 4.38. The average Bonchev–Trinajstić information content (AvgIpc) is 2.60. The van der Waals surface area contributed by atoms with Crippen LogP contribution in [-0.2, 0) is 0 Å². The Bertz CT molecular complexity index is 551. The van der Waals surface area contributed by atoms with Gasteiger partial charge >= 0.3 is 0 Å². The summed E-state index contributed by atoms with van der Waals surface area (Å²) < 4.78 is 3.86. The number of Topliss-reactive ketones (excluding diaryl/α,β-unsaturated/α-hetero) is 1. The summed E-state index contributed by atoms with van der Waals surface area (Å²) in [6.07, 6.45) is 5.01. The molecule has 0 saturated carbocycles. The van der Waals surface area contributed by atoms with E-state index in [0.29, 0.717) is 5.56 Å². The number of rotatable bonds is 2. The van der Waals surface area contributed by atoms with Crippen molar-refractivity contribution in [2.75, 3.05) is 0 Å². The Labute approximate surface area is 120 Å². The van der Waals surface area contributed by atoms with Crippen molar-refractivity contribution in [3.05, 3.63) is 37.8 Å². The summed E-state index contributed by atoms with van der Waals surface area (Å²) in [4.78, 5) is 19.5. The molecule has 0 N–H and O–H groups in total. The molecule has 0 fully saturated rings. The van der Waals surface area contributed by atoms with Crippen LogP contribution in [0.15, 0.2) is 24.8 Å². The van der Waals surface area contributed by atoms with Gasteiger partial charge in [-0.1, -0.05) is 0 Å². The molecular weight excluding hydrogens is 432 g/mol. The number of ketones is 1. The lowest BCUT2D eigenvalue weighted by Gasteiger charge is -2.04. The molecule has 0 aliphatic heterocycles. The van der Waals surface area contributed by atoms with Crippen LogP contribution in [0.2, 0.25) is 0 Å². The number of hydrogen-bond acceptors (Lipinski definition) is 3. The Hall–Kier alpha value is -0.510. The summed E-state index contributed by atoms with van der Waals surface area (Å²) in [5.74, 6) is 0.0131. The molecule has 0 aromatic carbocycles. The third kappa shape index (κ3) is 2.26. The molecule has 2 aromatic rings. The largest absolute Gasteiger partial charge is 0.294 e. The second-order valence-corrected chi connectivity index (χ2v) is 5.23. The number of aromatic nitrogens is 3. The lowest BCUT2D eigenvalue weighted by molar-refractivity contribution is 0.101. The zero-order valence-electron chi connectivity index (χ0n) is 8.32. The van der Waals surface area contributed by atoms with Gasteiger partial charge in [0.25, 0.3) is 0 Å². The fourth-order valence-electron chi connectivity index (χ4n) is 1.24. The SMILES string of the molecule is CC(=O)c1cncc(-n2cnc(I)c2I)c1. The summed E-state index contributed by atoms with van der Waals surface area (Å²) in [6.45, 7) is 1.53. The molecule has 6 heteroatoms. The van der Waals surface area contributed by atoms with Crippen molar-refractivity contribution in [3.63, 3.8) is 0 Å². The molecule has 0 amide bonds. The Balaban J connectivity index is 2.52. The third-order valence-corrected chi connectivity index (χ3v) is 4.93. The first-order chi connectivity index (χ1) is 7.59. The number of hydrogen-bond donors (Lipinski definition) is 0.